The second-order valence-electron chi connectivity index (χ2n) is 6.26. The molecule has 128 valence electrons. The molecule has 0 heterocycles. The standard InChI is InChI=1S/C17H25NO5/c1-17(2,3)23-16(21)10-18-14(11-22-12-15(19)20)9-13-7-5-4-6-8-13/h4-8,14,18H,9-12H2,1-3H3,(H,19,20)/t14-/m0/s1. The summed E-state index contributed by atoms with van der Waals surface area (Å²) in [4.78, 5) is 22.3. The summed E-state index contributed by atoms with van der Waals surface area (Å²) in [6.07, 6.45) is 0.628. The molecule has 1 aromatic carbocycles. The van der Waals surface area contributed by atoms with Crippen molar-refractivity contribution in [3.63, 3.8) is 0 Å². The van der Waals surface area contributed by atoms with Crippen molar-refractivity contribution in [3.05, 3.63) is 35.9 Å². The van der Waals surface area contributed by atoms with Crippen molar-refractivity contribution in [3.8, 4) is 0 Å². The van der Waals surface area contributed by atoms with Crippen LogP contribution in [0.5, 0.6) is 0 Å². The number of benzene rings is 1. The Labute approximate surface area is 136 Å². The van der Waals surface area contributed by atoms with Crippen molar-refractivity contribution in [2.75, 3.05) is 19.8 Å². The van der Waals surface area contributed by atoms with Crippen molar-refractivity contribution in [1.29, 1.82) is 0 Å². The number of hydrogen-bond acceptors (Lipinski definition) is 5. The van der Waals surface area contributed by atoms with Gasteiger partial charge in [-0.15, -0.1) is 0 Å². The lowest BCUT2D eigenvalue weighted by Crippen LogP contribution is -2.41. The zero-order valence-electron chi connectivity index (χ0n) is 13.9. The first kappa shape index (κ1) is 19.1. The summed E-state index contributed by atoms with van der Waals surface area (Å²) in [5.41, 5.74) is 0.543. The smallest absolute Gasteiger partial charge is 0.329 e. The Bertz CT molecular complexity index is 495. The average Bonchev–Trinajstić information content (AvgIpc) is 2.43. The summed E-state index contributed by atoms with van der Waals surface area (Å²) < 4.78 is 10.4. The van der Waals surface area contributed by atoms with Crippen molar-refractivity contribution in [2.24, 2.45) is 0 Å². The Kier molecular flexibility index (Phi) is 7.71. The molecule has 6 heteroatoms. The van der Waals surface area contributed by atoms with Crippen molar-refractivity contribution in [2.45, 2.75) is 38.8 Å². The van der Waals surface area contributed by atoms with Crippen molar-refractivity contribution >= 4 is 11.9 Å². The normalized spacial score (nSPS) is 12.7. The maximum atomic E-state index is 11.8. The van der Waals surface area contributed by atoms with Crippen LogP contribution in [0.15, 0.2) is 30.3 Å². The molecule has 1 rings (SSSR count). The second-order valence-corrected chi connectivity index (χ2v) is 6.26. The summed E-state index contributed by atoms with van der Waals surface area (Å²) in [5, 5.41) is 11.7. The maximum Gasteiger partial charge on any atom is 0.329 e. The molecular weight excluding hydrogens is 298 g/mol. The van der Waals surface area contributed by atoms with Gasteiger partial charge in [-0.1, -0.05) is 30.3 Å². The predicted octanol–water partition coefficient (Wildman–Crippen LogP) is 1.63. The van der Waals surface area contributed by atoms with Crippen LogP contribution in [0.3, 0.4) is 0 Å². The SMILES string of the molecule is CC(C)(C)OC(=O)CN[C@H](COCC(=O)O)Cc1ccccc1. The van der Waals surface area contributed by atoms with E-state index in [1.807, 2.05) is 51.1 Å². The summed E-state index contributed by atoms with van der Waals surface area (Å²) >= 11 is 0. The first-order valence-electron chi connectivity index (χ1n) is 7.55. The minimum absolute atomic E-state index is 0.0468. The van der Waals surface area contributed by atoms with E-state index in [9.17, 15) is 9.59 Å². The second kappa shape index (κ2) is 9.27. The first-order valence-corrected chi connectivity index (χ1v) is 7.55. The third-order valence-electron chi connectivity index (χ3n) is 2.82. The van der Waals surface area contributed by atoms with Crippen molar-refractivity contribution < 1.29 is 24.2 Å². The van der Waals surface area contributed by atoms with Crippen LogP contribution < -0.4 is 5.32 Å². The largest absolute Gasteiger partial charge is 0.480 e. The Balaban J connectivity index is 2.53. The lowest BCUT2D eigenvalue weighted by molar-refractivity contribution is -0.154. The highest BCUT2D eigenvalue weighted by atomic mass is 16.6. The van der Waals surface area contributed by atoms with Gasteiger partial charge in [-0.2, -0.15) is 0 Å². The van der Waals surface area contributed by atoms with E-state index in [0.717, 1.165) is 5.56 Å². The molecule has 0 amide bonds. The summed E-state index contributed by atoms with van der Waals surface area (Å²) in [6.45, 7) is 5.31. The van der Waals surface area contributed by atoms with Gasteiger partial charge >= 0.3 is 11.9 Å². The van der Waals surface area contributed by atoms with Crippen LogP contribution >= 0.6 is 0 Å². The van der Waals surface area contributed by atoms with E-state index in [1.165, 1.54) is 0 Å². The van der Waals surface area contributed by atoms with E-state index in [1.54, 1.807) is 0 Å². The zero-order chi connectivity index (χ0) is 17.3. The van der Waals surface area contributed by atoms with Crippen LogP contribution in [0.4, 0.5) is 0 Å². The van der Waals surface area contributed by atoms with E-state index in [-0.39, 0.29) is 31.8 Å². The first-order chi connectivity index (χ1) is 10.8. The number of esters is 1. The molecule has 0 saturated carbocycles. The Morgan fingerprint density at radius 3 is 2.43 bits per heavy atom. The van der Waals surface area contributed by atoms with Gasteiger partial charge in [0.1, 0.15) is 12.2 Å². The monoisotopic (exact) mass is 323 g/mol. The van der Waals surface area contributed by atoms with Crippen LogP contribution in [0.25, 0.3) is 0 Å². The number of ether oxygens (including phenoxy) is 2. The number of nitrogens with one attached hydrogen (secondary N) is 1. The van der Waals surface area contributed by atoms with Crippen LogP contribution in [0, 0.1) is 0 Å². The number of carboxylic acid groups (broad SMARTS) is 1. The van der Waals surface area contributed by atoms with Crippen LogP contribution in [0.1, 0.15) is 26.3 Å². The summed E-state index contributed by atoms with van der Waals surface area (Å²) in [7, 11) is 0. The fourth-order valence-electron chi connectivity index (χ4n) is 1.98. The number of carbonyl (C=O) groups is 2. The molecule has 23 heavy (non-hydrogen) atoms. The molecular formula is C17H25NO5. The van der Waals surface area contributed by atoms with Gasteiger partial charge in [0, 0.05) is 6.04 Å². The highest BCUT2D eigenvalue weighted by Gasteiger charge is 2.18. The van der Waals surface area contributed by atoms with E-state index in [4.69, 9.17) is 14.6 Å². The van der Waals surface area contributed by atoms with Crippen molar-refractivity contribution in [1.82, 2.24) is 5.32 Å². The molecule has 0 fully saturated rings. The van der Waals surface area contributed by atoms with Crippen LogP contribution in [0.2, 0.25) is 0 Å². The van der Waals surface area contributed by atoms with Gasteiger partial charge in [0.2, 0.25) is 0 Å². The highest BCUT2D eigenvalue weighted by Crippen LogP contribution is 2.07. The van der Waals surface area contributed by atoms with Gasteiger partial charge in [-0.25, -0.2) is 4.79 Å². The summed E-state index contributed by atoms with van der Waals surface area (Å²) in [5.74, 6) is -1.37. The van der Waals surface area contributed by atoms with Gasteiger partial charge in [0.05, 0.1) is 13.2 Å². The minimum Gasteiger partial charge on any atom is -0.480 e. The Morgan fingerprint density at radius 2 is 1.87 bits per heavy atom. The molecule has 0 saturated heterocycles. The molecule has 0 aromatic heterocycles. The number of carbonyl (C=O) groups excluding carboxylic acids is 1. The third kappa shape index (κ3) is 9.65. The van der Waals surface area contributed by atoms with E-state index in [2.05, 4.69) is 5.32 Å². The topological polar surface area (TPSA) is 84.9 Å². The number of aliphatic carboxylic acids is 1. The molecule has 2 N–H and O–H groups in total. The molecule has 0 bridgehead atoms. The molecule has 1 aromatic rings. The maximum absolute atomic E-state index is 11.8. The molecule has 0 spiro atoms. The molecule has 0 aliphatic heterocycles. The highest BCUT2D eigenvalue weighted by molar-refractivity contribution is 5.72. The number of carboxylic acids is 1. The third-order valence-corrected chi connectivity index (χ3v) is 2.82. The van der Waals surface area contributed by atoms with E-state index >= 15 is 0 Å². The van der Waals surface area contributed by atoms with Gasteiger partial charge in [-0.3, -0.25) is 4.79 Å². The lowest BCUT2D eigenvalue weighted by Gasteiger charge is -2.22. The Hall–Kier alpha value is -1.92. The summed E-state index contributed by atoms with van der Waals surface area (Å²) in [6, 6.07) is 9.55. The number of hydrogen-bond donors (Lipinski definition) is 2. The molecule has 0 unspecified atom stereocenters. The van der Waals surface area contributed by atoms with E-state index in [0.29, 0.717) is 6.42 Å². The fraction of sp³-hybridized carbons (Fsp3) is 0.529. The quantitative estimate of drug-likeness (QED) is 0.672. The minimum atomic E-state index is -1.02. The van der Waals surface area contributed by atoms with Gasteiger partial charge in [0.25, 0.3) is 0 Å². The molecule has 0 radical (unpaired) electrons. The van der Waals surface area contributed by atoms with E-state index < -0.39 is 11.6 Å². The van der Waals surface area contributed by atoms with Gasteiger partial charge < -0.3 is 19.9 Å². The molecule has 6 nitrogen and oxygen atoms in total. The number of rotatable bonds is 9. The average molecular weight is 323 g/mol. The van der Waals surface area contributed by atoms with Gasteiger partial charge in [-0.05, 0) is 32.8 Å². The van der Waals surface area contributed by atoms with Crippen LogP contribution in [-0.2, 0) is 25.5 Å². The fourth-order valence-corrected chi connectivity index (χ4v) is 1.98. The molecule has 0 aliphatic carbocycles. The predicted molar refractivity (Wildman–Crippen MR) is 86.2 cm³/mol. The van der Waals surface area contributed by atoms with Gasteiger partial charge in [0.15, 0.2) is 0 Å². The lowest BCUT2D eigenvalue weighted by atomic mass is 10.1. The van der Waals surface area contributed by atoms with Crippen LogP contribution in [-0.4, -0.2) is 48.4 Å². The Morgan fingerprint density at radius 1 is 1.22 bits per heavy atom. The molecule has 0 aliphatic rings. The zero-order valence-corrected chi connectivity index (χ0v) is 13.9. The molecule has 1 atom stereocenters.